The molecule has 0 fully saturated rings. The quantitative estimate of drug-likeness (QED) is 0.472. The largest absolute Gasteiger partial charge is 0.319 e. The molecule has 0 saturated heterocycles. The van der Waals surface area contributed by atoms with Crippen LogP contribution in [0.5, 0.6) is 0 Å². The first-order valence-electron chi connectivity index (χ1n) is 8.09. The molecule has 2 aromatic carbocycles. The number of benzene rings is 2. The lowest BCUT2D eigenvalue weighted by Gasteiger charge is -2.05. The number of amides is 1. The number of nitrogens with one attached hydrogen (secondary N) is 1. The summed E-state index contributed by atoms with van der Waals surface area (Å²) in [7, 11) is 0. The van der Waals surface area contributed by atoms with Crippen molar-refractivity contribution in [2.75, 3.05) is 5.32 Å². The number of para-hydroxylation sites is 1. The number of rotatable bonds is 4. The van der Waals surface area contributed by atoms with Gasteiger partial charge in [0.15, 0.2) is 0 Å². The highest BCUT2D eigenvalue weighted by Crippen LogP contribution is 2.27. The van der Waals surface area contributed by atoms with E-state index in [1.807, 2.05) is 6.07 Å². The molecule has 1 aromatic heterocycles. The third kappa shape index (κ3) is 4.06. The number of nitriles is 1. The number of carbonyl (C=O) groups is 1. The highest BCUT2D eigenvalue weighted by atomic mass is 35.5. The van der Waals surface area contributed by atoms with Crippen molar-refractivity contribution in [1.29, 1.82) is 5.26 Å². The van der Waals surface area contributed by atoms with E-state index >= 15 is 0 Å². The third-order valence-corrected chi connectivity index (χ3v) is 4.48. The van der Waals surface area contributed by atoms with Crippen LogP contribution in [0, 0.1) is 24.1 Å². The van der Waals surface area contributed by atoms with Crippen LogP contribution in [0.15, 0.2) is 54.1 Å². The van der Waals surface area contributed by atoms with Gasteiger partial charge in [-0.1, -0.05) is 41.4 Å². The van der Waals surface area contributed by atoms with Gasteiger partial charge >= 0.3 is 0 Å². The van der Waals surface area contributed by atoms with E-state index in [4.69, 9.17) is 23.2 Å². The summed E-state index contributed by atoms with van der Waals surface area (Å²) in [5, 5.41) is 16.8. The Morgan fingerprint density at radius 1 is 1.25 bits per heavy atom. The van der Waals surface area contributed by atoms with Gasteiger partial charge in [0.25, 0.3) is 5.91 Å². The maximum Gasteiger partial charge on any atom is 0.266 e. The standard InChI is InChI=1S/C20H13Cl2FN4O/c1-12-16(19(22)27(26-12)15-6-4-5-14(21)10-15)9-13(11-24)20(28)25-18-8-3-2-7-17(18)23/h2-10H,1H3,(H,25,28). The highest BCUT2D eigenvalue weighted by Gasteiger charge is 2.17. The Bertz CT molecular complexity index is 1130. The lowest BCUT2D eigenvalue weighted by Crippen LogP contribution is -2.14. The average Bonchev–Trinajstić information content (AvgIpc) is 2.95. The molecule has 0 unspecified atom stereocenters. The summed E-state index contributed by atoms with van der Waals surface area (Å²) in [6.45, 7) is 1.70. The molecular formula is C20H13Cl2FN4O. The number of aromatic nitrogens is 2. The summed E-state index contributed by atoms with van der Waals surface area (Å²) < 4.78 is 15.2. The number of hydrogen-bond donors (Lipinski definition) is 1. The second kappa shape index (κ2) is 8.26. The fraction of sp³-hybridized carbons (Fsp3) is 0.0500. The fourth-order valence-corrected chi connectivity index (χ4v) is 3.01. The number of nitrogens with zero attached hydrogens (tertiary/aromatic N) is 3. The third-order valence-electron chi connectivity index (χ3n) is 3.88. The van der Waals surface area contributed by atoms with Crippen LogP contribution in [0.1, 0.15) is 11.3 Å². The normalized spacial score (nSPS) is 11.2. The zero-order valence-electron chi connectivity index (χ0n) is 14.6. The lowest BCUT2D eigenvalue weighted by molar-refractivity contribution is -0.112. The van der Waals surface area contributed by atoms with Gasteiger partial charge in [0.05, 0.1) is 17.1 Å². The van der Waals surface area contributed by atoms with Crippen LogP contribution >= 0.6 is 23.2 Å². The second-order valence-electron chi connectivity index (χ2n) is 5.79. The summed E-state index contributed by atoms with van der Waals surface area (Å²) in [5.41, 5.74) is 1.29. The zero-order valence-corrected chi connectivity index (χ0v) is 16.1. The van der Waals surface area contributed by atoms with Crippen LogP contribution < -0.4 is 5.32 Å². The lowest BCUT2D eigenvalue weighted by atomic mass is 10.1. The summed E-state index contributed by atoms with van der Waals surface area (Å²) >= 11 is 12.4. The SMILES string of the molecule is Cc1nn(-c2cccc(Cl)c2)c(Cl)c1C=C(C#N)C(=O)Nc1ccccc1F. The minimum absolute atomic E-state index is 0.0221. The molecule has 8 heteroatoms. The first kappa shape index (κ1) is 19.6. The van der Waals surface area contributed by atoms with Gasteiger partial charge in [0.2, 0.25) is 0 Å². The molecule has 1 heterocycles. The van der Waals surface area contributed by atoms with Gasteiger partial charge < -0.3 is 5.32 Å². The van der Waals surface area contributed by atoms with Crippen molar-refractivity contribution < 1.29 is 9.18 Å². The molecule has 5 nitrogen and oxygen atoms in total. The molecular weight excluding hydrogens is 402 g/mol. The van der Waals surface area contributed by atoms with Crippen molar-refractivity contribution in [3.8, 4) is 11.8 Å². The van der Waals surface area contributed by atoms with E-state index in [1.54, 1.807) is 37.3 Å². The van der Waals surface area contributed by atoms with Crippen molar-refractivity contribution in [2.24, 2.45) is 0 Å². The topological polar surface area (TPSA) is 70.7 Å². The minimum Gasteiger partial charge on any atom is -0.319 e. The second-order valence-corrected chi connectivity index (χ2v) is 6.58. The molecule has 0 aliphatic heterocycles. The monoisotopic (exact) mass is 414 g/mol. The molecule has 28 heavy (non-hydrogen) atoms. The molecule has 0 bridgehead atoms. The van der Waals surface area contributed by atoms with Gasteiger partial charge in [-0.15, -0.1) is 0 Å². The summed E-state index contributed by atoms with van der Waals surface area (Å²) in [6, 6.07) is 14.4. The van der Waals surface area contributed by atoms with Gasteiger partial charge in [-0.3, -0.25) is 4.79 Å². The van der Waals surface area contributed by atoms with Crippen molar-refractivity contribution in [2.45, 2.75) is 6.92 Å². The number of carbonyl (C=O) groups excluding carboxylic acids is 1. The molecule has 140 valence electrons. The minimum atomic E-state index is -0.751. The Hall–Kier alpha value is -3.14. The zero-order chi connectivity index (χ0) is 20.3. The molecule has 3 aromatic rings. The Labute approximate surface area is 170 Å². The average molecular weight is 415 g/mol. The predicted octanol–water partition coefficient (Wildman–Crippen LogP) is 5.17. The van der Waals surface area contributed by atoms with Gasteiger partial charge in [0, 0.05) is 10.6 Å². The first-order chi connectivity index (χ1) is 13.4. The van der Waals surface area contributed by atoms with E-state index in [0.717, 1.165) is 0 Å². The maximum absolute atomic E-state index is 13.7. The Morgan fingerprint density at radius 3 is 2.68 bits per heavy atom. The summed E-state index contributed by atoms with van der Waals surface area (Å²) in [5.74, 6) is -1.35. The van der Waals surface area contributed by atoms with Crippen LogP contribution in [-0.2, 0) is 4.79 Å². The Balaban J connectivity index is 1.96. The van der Waals surface area contributed by atoms with Gasteiger partial charge in [-0.25, -0.2) is 9.07 Å². The van der Waals surface area contributed by atoms with Crippen LogP contribution in [0.4, 0.5) is 10.1 Å². The van der Waals surface area contributed by atoms with Crippen LogP contribution in [0.25, 0.3) is 11.8 Å². The summed E-state index contributed by atoms with van der Waals surface area (Å²) in [6.07, 6.45) is 1.32. The van der Waals surface area contributed by atoms with Crippen molar-refractivity contribution in [3.05, 3.63) is 81.4 Å². The number of aryl methyl sites for hydroxylation is 1. The Morgan fingerprint density at radius 2 is 2.00 bits per heavy atom. The molecule has 0 spiro atoms. The van der Waals surface area contributed by atoms with E-state index in [-0.39, 0.29) is 16.4 Å². The van der Waals surface area contributed by atoms with Crippen molar-refractivity contribution >= 4 is 40.9 Å². The maximum atomic E-state index is 13.7. The molecule has 1 amide bonds. The van der Waals surface area contributed by atoms with E-state index in [1.165, 1.54) is 29.0 Å². The highest BCUT2D eigenvalue weighted by molar-refractivity contribution is 6.32. The van der Waals surface area contributed by atoms with Crippen molar-refractivity contribution in [1.82, 2.24) is 9.78 Å². The fourth-order valence-electron chi connectivity index (χ4n) is 2.50. The molecule has 0 aliphatic carbocycles. The number of hydrogen-bond acceptors (Lipinski definition) is 3. The number of halogens is 3. The molecule has 0 radical (unpaired) electrons. The van der Waals surface area contributed by atoms with Crippen LogP contribution in [-0.4, -0.2) is 15.7 Å². The molecule has 1 N–H and O–H groups in total. The first-order valence-corrected chi connectivity index (χ1v) is 8.85. The summed E-state index contributed by atoms with van der Waals surface area (Å²) in [4.78, 5) is 12.4. The Kier molecular flexibility index (Phi) is 5.78. The van der Waals surface area contributed by atoms with Gasteiger partial charge in [-0.05, 0) is 43.3 Å². The number of anilines is 1. The predicted molar refractivity (Wildman–Crippen MR) is 107 cm³/mol. The van der Waals surface area contributed by atoms with E-state index in [9.17, 15) is 14.4 Å². The van der Waals surface area contributed by atoms with E-state index in [0.29, 0.717) is 22.0 Å². The van der Waals surface area contributed by atoms with Crippen molar-refractivity contribution in [3.63, 3.8) is 0 Å². The molecule has 0 atom stereocenters. The van der Waals surface area contributed by atoms with Crippen LogP contribution in [0.3, 0.4) is 0 Å². The molecule has 3 rings (SSSR count). The van der Waals surface area contributed by atoms with E-state index < -0.39 is 11.7 Å². The molecule has 0 saturated carbocycles. The molecule has 0 aliphatic rings. The van der Waals surface area contributed by atoms with Crippen LogP contribution in [0.2, 0.25) is 10.2 Å². The van der Waals surface area contributed by atoms with Gasteiger partial charge in [-0.2, -0.15) is 10.4 Å². The van der Waals surface area contributed by atoms with Gasteiger partial charge in [0.1, 0.15) is 22.6 Å². The smallest absolute Gasteiger partial charge is 0.266 e. The van der Waals surface area contributed by atoms with E-state index in [2.05, 4.69) is 10.4 Å².